The zero-order chi connectivity index (χ0) is 10.1. The van der Waals surface area contributed by atoms with E-state index in [1.54, 1.807) is 11.9 Å². The fraction of sp³-hybridized carbons (Fsp3) is 0.364. The van der Waals surface area contributed by atoms with Crippen LogP contribution in [0.3, 0.4) is 0 Å². The molecule has 0 saturated heterocycles. The molecule has 1 aromatic rings. The van der Waals surface area contributed by atoms with E-state index in [1.165, 1.54) is 24.0 Å². The lowest BCUT2D eigenvalue weighted by Gasteiger charge is -2.15. The molecule has 0 aromatic heterocycles. The molecule has 2 nitrogen and oxygen atoms in total. The Hall–Kier alpha value is -0.960. The summed E-state index contributed by atoms with van der Waals surface area (Å²) < 4.78 is 0. The van der Waals surface area contributed by atoms with Crippen molar-refractivity contribution >= 4 is 23.6 Å². The molecule has 2 rings (SSSR count). The van der Waals surface area contributed by atoms with E-state index in [0.717, 1.165) is 12.1 Å². The van der Waals surface area contributed by atoms with Gasteiger partial charge in [0.15, 0.2) is 0 Å². The molecular weight excluding hydrogens is 194 g/mol. The predicted octanol–water partition coefficient (Wildman–Crippen LogP) is 2.66. The Morgan fingerprint density at radius 2 is 2.07 bits per heavy atom. The number of aryl methyl sites for hydroxylation is 2. The number of hydrogen-bond donors (Lipinski definition) is 1. The molecule has 0 aliphatic heterocycles. The number of benzene rings is 1. The van der Waals surface area contributed by atoms with Gasteiger partial charge in [-0.25, -0.2) is 0 Å². The van der Waals surface area contributed by atoms with Crippen LogP contribution in [0, 0.1) is 0 Å². The van der Waals surface area contributed by atoms with Gasteiger partial charge in [0, 0.05) is 12.7 Å². The van der Waals surface area contributed by atoms with Crippen molar-refractivity contribution < 1.29 is 4.79 Å². The average molecular weight is 207 g/mol. The second-order valence-electron chi connectivity index (χ2n) is 3.65. The number of thiol groups is 1. The monoisotopic (exact) mass is 207 g/mol. The number of amides is 1. The van der Waals surface area contributed by atoms with Crippen LogP contribution >= 0.6 is 12.6 Å². The third kappa shape index (κ3) is 1.64. The lowest BCUT2D eigenvalue weighted by atomic mass is 10.1. The van der Waals surface area contributed by atoms with Gasteiger partial charge in [0.1, 0.15) is 0 Å². The van der Waals surface area contributed by atoms with Crippen molar-refractivity contribution in [1.29, 1.82) is 0 Å². The SMILES string of the molecule is CN(C(=O)S)c1ccc2c(c1)CCC2. The van der Waals surface area contributed by atoms with E-state index in [0.29, 0.717) is 0 Å². The quantitative estimate of drug-likeness (QED) is 0.702. The average Bonchev–Trinajstić information content (AvgIpc) is 2.62. The third-order valence-corrected chi connectivity index (χ3v) is 3.06. The van der Waals surface area contributed by atoms with Crippen molar-refractivity contribution in [2.24, 2.45) is 0 Å². The minimum Gasteiger partial charge on any atom is -0.307 e. The Morgan fingerprint density at radius 1 is 1.36 bits per heavy atom. The van der Waals surface area contributed by atoms with Gasteiger partial charge in [-0.3, -0.25) is 4.79 Å². The van der Waals surface area contributed by atoms with Crippen LogP contribution in [0.25, 0.3) is 0 Å². The smallest absolute Gasteiger partial charge is 0.282 e. The molecule has 0 saturated carbocycles. The number of fused-ring (bicyclic) bond motifs is 1. The summed E-state index contributed by atoms with van der Waals surface area (Å²) in [6.07, 6.45) is 3.54. The molecule has 1 aliphatic carbocycles. The largest absolute Gasteiger partial charge is 0.307 e. The van der Waals surface area contributed by atoms with Crippen LogP contribution in [0.15, 0.2) is 18.2 Å². The fourth-order valence-electron chi connectivity index (χ4n) is 1.88. The van der Waals surface area contributed by atoms with Gasteiger partial charge in [-0.05, 0) is 42.5 Å². The molecule has 74 valence electrons. The van der Waals surface area contributed by atoms with E-state index < -0.39 is 0 Å². The van der Waals surface area contributed by atoms with Gasteiger partial charge in [-0.1, -0.05) is 18.7 Å². The predicted molar refractivity (Wildman–Crippen MR) is 61.3 cm³/mol. The minimum absolute atomic E-state index is 0.219. The molecule has 14 heavy (non-hydrogen) atoms. The topological polar surface area (TPSA) is 20.3 Å². The number of carbonyl (C=O) groups excluding carboxylic acids is 1. The summed E-state index contributed by atoms with van der Waals surface area (Å²) in [5, 5.41) is -0.219. The molecule has 0 fully saturated rings. The van der Waals surface area contributed by atoms with E-state index in [1.807, 2.05) is 6.07 Å². The van der Waals surface area contributed by atoms with Crippen LogP contribution in [0.2, 0.25) is 0 Å². The van der Waals surface area contributed by atoms with Crippen molar-refractivity contribution in [2.75, 3.05) is 11.9 Å². The maximum Gasteiger partial charge on any atom is 0.282 e. The van der Waals surface area contributed by atoms with E-state index in [9.17, 15) is 4.79 Å². The van der Waals surface area contributed by atoms with E-state index in [2.05, 4.69) is 24.8 Å². The molecular formula is C11H13NOS. The molecule has 0 bridgehead atoms. The second kappa shape index (κ2) is 3.65. The van der Waals surface area contributed by atoms with Gasteiger partial charge >= 0.3 is 0 Å². The highest BCUT2D eigenvalue weighted by Gasteiger charge is 2.13. The first-order chi connectivity index (χ1) is 6.68. The highest BCUT2D eigenvalue weighted by Crippen LogP contribution is 2.26. The van der Waals surface area contributed by atoms with Crippen molar-refractivity contribution in [1.82, 2.24) is 0 Å². The van der Waals surface area contributed by atoms with Gasteiger partial charge in [-0.2, -0.15) is 0 Å². The number of anilines is 1. The van der Waals surface area contributed by atoms with E-state index in [-0.39, 0.29) is 5.24 Å². The number of hydrogen-bond acceptors (Lipinski definition) is 1. The van der Waals surface area contributed by atoms with E-state index >= 15 is 0 Å². The summed E-state index contributed by atoms with van der Waals surface area (Å²) in [5.74, 6) is 0. The molecule has 0 unspecified atom stereocenters. The Kier molecular flexibility index (Phi) is 2.50. The third-order valence-electron chi connectivity index (χ3n) is 2.76. The van der Waals surface area contributed by atoms with Crippen LogP contribution in [0.1, 0.15) is 17.5 Å². The van der Waals surface area contributed by atoms with Gasteiger partial charge in [0.25, 0.3) is 5.24 Å². The molecule has 3 heteroatoms. The first-order valence-electron chi connectivity index (χ1n) is 4.77. The Bertz CT molecular complexity index is 376. The Morgan fingerprint density at radius 3 is 2.79 bits per heavy atom. The van der Waals surface area contributed by atoms with Gasteiger partial charge < -0.3 is 4.90 Å². The van der Waals surface area contributed by atoms with Crippen molar-refractivity contribution in [3.8, 4) is 0 Å². The van der Waals surface area contributed by atoms with Gasteiger partial charge in [0.2, 0.25) is 0 Å². The normalized spacial score (nSPS) is 13.9. The maximum atomic E-state index is 11.0. The van der Waals surface area contributed by atoms with Crippen molar-refractivity contribution in [3.05, 3.63) is 29.3 Å². The molecule has 1 aromatic carbocycles. The second-order valence-corrected chi connectivity index (χ2v) is 4.03. The lowest BCUT2D eigenvalue weighted by Crippen LogP contribution is -2.19. The van der Waals surface area contributed by atoms with Crippen molar-refractivity contribution in [2.45, 2.75) is 19.3 Å². The molecule has 0 radical (unpaired) electrons. The lowest BCUT2D eigenvalue weighted by molar-refractivity contribution is 0.266. The number of rotatable bonds is 1. The zero-order valence-electron chi connectivity index (χ0n) is 8.16. The van der Waals surface area contributed by atoms with Crippen LogP contribution in [0.5, 0.6) is 0 Å². The zero-order valence-corrected chi connectivity index (χ0v) is 9.05. The summed E-state index contributed by atoms with van der Waals surface area (Å²) in [5.41, 5.74) is 3.74. The molecule has 0 atom stereocenters. The summed E-state index contributed by atoms with van der Waals surface area (Å²) in [6, 6.07) is 6.19. The van der Waals surface area contributed by atoms with Gasteiger partial charge in [-0.15, -0.1) is 0 Å². The molecule has 0 spiro atoms. The summed E-state index contributed by atoms with van der Waals surface area (Å²) in [6.45, 7) is 0. The fourth-order valence-corrected chi connectivity index (χ4v) is 1.99. The van der Waals surface area contributed by atoms with E-state index in [4.69, 9.17) is 0 Å². The Balaban J connectivity index is 2.33. The summed E-state index contributed by atoms with van der Waals surface area (Å²) >= 11 is 3.80. The molecule has 1 amide bonds. The number of carbonyl (C=O) groups is 1. The summed E-state index contributed by atoms with van der Waals surface area (Å²) in [7, 11) is 1.74. The Labute approximate surface area is 89.3 Å². The highest BCUT2D eigenvalue weighted by molar-refractivity contribution is 7.96. The molecule has 0 heterocycles. The molecule has 0 N–H and O–H groups in total. The van der Waals surface area contributed by atoms with Crippen LogP contribution < -0.4 is 4.90 Å². The maximum absolute atomic E-state index is 11.0. The van der Waals surface area contributed by atoms with Crippen molar-refractivity contribution in [3.63, 3.8) is 0 Å². The standard InChI is InChI=1S/C11H13NOS/c1-12(11(13)14)10-6-5-8-3-2-4-9(8)7-10/h5-7H,2-4H2,1H3,(H,13,14). The van der Waals surface area contributed by atoms with Gasteiger partial charge in [0.05, 0.1) is 0 Å². The highest BCUT2D eigenvalue weighted by atomic mass is 32.1. The van der Waals surface area contributed by atoms with Crippen LogP contribution in [-0.4, -0.2) is 12.3 Å². The molecule has 1 aliphatic rings. The van der Waals surface area contributed by atoms with Crippen LogP contribution in [-0.2, 0) is 12.8 Å². The minimum atomic E-state index is -0.219. The number of nitrogens with zero attached hydrogens (tertiary/aromatic N) is 1. The first kappa shape index (κ1) is 9.59. The first-order valence-corrected chi connectivity index (χ1v) is 5.21. The summed E-state index contributed by atoms with van der Waals surface area (Å²) in [4.78, 5) is 12.6. The van der Waals surface area contributed by atoms with Crippen LogP contribution in [0.4, 0.5) is 10.5 Å².